The monoisotopic (exact) mass is 756 g/mol. The van der Waals surface area contributed by atoms with E-state index in [4.69, 9.17) is 8.83 Å². The molecule has 12 aromatic rings. The lowest BCUT2D eigenvalue weighted by molar-refractivity contribution is 0.669. The van der Waals surface area contributed by atoms with Crippen molar-refractivity contribution < 1.29 is 8.83 Å². The number of hydrogen-bond donors (Lipinski definition) is 0. The van der Waals surface area contributed by atoms with Gasteiger partial charge in [-0.2, -0.15) is 0 Å². The lowest BCUT2D eigenvalue weighted by Crippen LogP contribution is -2.06. The highest BCUT2D eigenvalue weighted by molar-refractivity contribution is 6.15. The van der Waals surface area contributed by atoms with E-state index in [-0.39, 0.29) is 0 Å². The first-order valence-electron chi connectivity index (χ1n) is 20.5. The van der Waals surface area contributed by atoms with Crippen LogP contribution >= 0.6 is 0 Å². The number of furan rings is 2. The van der Waals surface area contributed by atoms with Crippen molar-refractivity contribution in [3.8, 4) is 33.6 Å². The molecular weight excluding hydrogens is 721 g/mol. The highest BCUT2D eigenvalue weighted by Gasteiger charge is 2.25. The van der Waals surface area contributed by atoms with E-state index in [1.807, 2.05) is 0 Å². The summed E-state index contributed by atoms with van der Waals surface area (Å²) in [6, 6.07) is 61.0. The standard InChI is InChI=1S/C55H36N2O2/c1-33-13-10-19-41-40-18-6-9-26-50(40)57(53(33)41)35-28-30-52-47(32-35)45-23-12-21-43(55(45)59-52)37-15-3-2-14-36(37)42-20-11-22-44-46-31-34(27-29-51(46)58-54(42)44)56-48-24-7-4-16-38(48)39-17-5-8-25-49(39)56/h2-12,14-33H,13H2,1H3. The molecular formula is C55H36N2O2. The van der Waals surface area contributed by atoms with Gasteiger partial charge in [0.25, 0.3) is 0 Å². The van der Waals surface area contributed by atoms with Gasteiger partial charge >= 0.3 is 0 Å². The first kappa shape index (κ1) is 32.5. The van der Waals surface area contributed by atoms with Crippen LogP contribution in [0.2, 0.25) is 0 Å². The third kappa shape index (κ3) is 4.60. The maximum atomic E-state index is 6.82. The third-order valence-corrected chi connectivity index (χ3v) is 12.8. The Bertz CT molecular complexity index is 3680. The van der Waals surface area contributed by atoms with Gasteiger partial charge < -0.3 is 18.0 Å². The van der Waals surface area contributed by atoms with E-state index in [1.165, 1.54) is 44.0 Å². The fraction of sp³-hybridized carbons (Fsp3) is 0.0545. The summed E-state index contributed by atoms with van der Waals surface area (Å²) in [6.45, 7) is 2.34. The van der Waals surface area contributed by atoms with Crippen molar-refractivity contribution in [3.63, 3.8) is 0 Å². The summed E-state index contributed by atoms with van der Waals surface area (Å²) in [5, 5.41) is 8.20. The minimum Gasteiger partial charge on any atom is -0.455 e. The van der Waals surface area contributed by atoms with Crippen LogP contribution in [0.15, 0.2) is 185 Å². The average molecular weight is 757 g/mol. The lowest BCUT2D eigenvalue weighted by Gasteiger charge is -2.19. The number of para-hydroxylation sites is 5. The van der Waals surface area contributed by atoms with Crippen LogP contribution in [0, 0.1) is 0 Å². The Kier molecular flexibility index (Phi) is 6.74. The van der Waals surface area contributed by atoms with Crippen molar-refractivity contribution in [1.29, 1.82) is 0 Å². The topological polar surface area (TPSA) is 36.1 Å². The molecule has 4 heteroatoms. The minimum atomic E-state index is 0.417. The first-order valence-corrected chi connectivity index (χ1v) is 20.5. The van der Waals surface area contributed by atoms with E-state index in [9.17, 15) is 0 Å². The molecule has 0 saturated heterocycles. The van der Waals surface area contributed by atoms with Crippen LogP contribution in [0.5, 0.6) is 0 Å². The molecule has 4 nitrogen and oxygen atoms in total. The summed E-state index contributed by atoms with van der Waals surface area (Å²) >= 11 is 0. The molecule has 13 rings (SSSR count). The van der Waals surface area contributed by atoms with E-state index in [2.05, 4.69) is 198 Å². The van der Waals surface area contributed by atoms with Gasteiger partial charge in [-0.15, -0.1) is 0 Å². The molecule has 4 heterocycles. The quantitative estimate of drug-likeness (QED) is 0.179. The molecule has 1 aliphatic carbocycles. The molecule has 0 amide bonds. The summed E-state index contributed by atoms with van der Waals surface area (Å²) in [7, 11) is 0. The molecule has 0 bridgehead atoms. The zero-order valence-electron chi connectivity index (χ0n) is 32.3. The van der Waals surface area contributed by atoms with Crippen molar-refractivity contribution in [2.45, 2.75) is 19.3 Å². The molecule has 1 atom stereocenters. The normalized spacial score (nSPS) is 14.2. The van der Waals surface area contributed by atoms with E-state index in [0.29, 0.717) is 5.92 Å². The predicted octanol–water partition coefficient (Wildman–Crippen LogP) is 15.4. The van der Waals surface area contributed by atoms with Gasteiger partial charge in [0, 0.05) is 77.4 Å². The summed E-state index contributed by atoms with van der Waals surface area (Å²) < 4.78 is 18.5. The van der Waals surface area contributed by atoms with Crippen LogP contribution < -0.4 is 0 Å². The predicted molar refractivity (Wildman–Crippen MR) is 245 cm³/mol. The Morgan fingerprint density at radius 1 is 0.424 bits per heavy atom. The number of hydrogen-bond acceptors (Lipinski definition) is 2. The SMILES string of the molecule is CC1CC=Cc2c1n(-c1ccc3oc4c(-c5ccccc5-c5cccc6c5oc5ccc(-n7c8ccccc8c8ccccc87)cc56)cccc4c3c1)c1ccccc21. The van der Waals surface area contributed by atoms with Crippen LogP contribution in [0.25, 0.3) is 116 Å². The van der Waals surface area contributed by atoms with Gasteiger partial charge in [-0.3, -0.25) is 0 Å². The number of rotatable bonds is 4. The lowest BCUT2D eigenvalue weighted by atomic mass is 9.92. The van der Waals surface area contributed by atoms with Gasteiger partial charge in [-0.1, -0.05) is 134 Å². The van der Waals surface area contributed by atoms with Crippen molar-refractivity contribution in [3.05, 3.63) is 187 Å². The molecule has 0 spiro atoms. The number of aromatic nitrogens is 2. The number of allylic oxidation sites excluding steroid dienone is 1. The van der Waals surface area contributed by atoms with Crippen LogP contribution in [0.1, 0.15) is 30.5 Å². The molecule has 4 aromatic heterocycles. The number of nitrogens with zero attached hydrogens (tertiary/aromatic N) is 2. The maximum absolute atomic E-state index is 6.82. The Balaban J connectivity index is 0.966. The fourth-order valence-electron chi connectivity index (χ4n) is 10.2. The molecule has 0 radical (unpaired) electrons. The van der Waals surface area contributed by atoms with Gasteiger partial charge in [0.2, 0.25) is 0 Å². The van der Waals surface area contributed by atoms with Gasteiger partial charge in [-0.05, 0) is 72.1 Å². The van der Waals surface area contributed by atoms with Crippen molar-refractivity contribution in [2.24, 2.45) is 0 Å². The average Bonchev–Trinajstić information content (AvgIpc) is 4.04. The summed E-state index contributed by atoms with van der Waals surface area (Å²) in [4.78, 5) is 0. The smallest absolute Gasteiger partial charge is 0.143 e. The second-order valence-electron chi connectivity index (χ2n) is 16.0. The Labute approximate surface area is 339 Å². The molecule has 0 saturated carbocycles. The number of fused-ring (bicyclic) bond motifs is 12. The van der Waals surface area contributed by atoms with E-state index in [1.54, 1.807) is 0 Å². The molecule has 0 aliphatic heterocycles. The zero-order chi connectivity index (χ0) is 38.8. The Morgan fingerprint density at radius 3 is 1.46 bits per heavy atom. The largest absolute Gasteiger partial charge is 0.455 e. The van der Waals surface area contributed by atoms with E-state index < -0.39 is 0 Å². The van der Waals surface area contributed by atoms with Gasteiger partial charge in [-0.25, -0.2) is 0 Å². The summed E-state index contributed by atoms with van der Waals surface area (Å²) in [5.41, 5.74) is 16.4. The van der Waals surface area contributed by atoms with Crippen LogP contribution in [-0.4, -0.2) is 9.13 Å². The molecule has 0 fully saturated rings. The second kappa shape index (κ2) is 12.2. The van der Waals surface area contributed by atoms with Crippen LogP contribution in [-0.2, 0) is 0 Å². The molecule has 278 valence electrons. The maximum Gasteiger partial charge on any atom is 0.143 e. The molecule has 1 unspecified atom stereocenters. The van der Waals surface area contributed by atoms with Gasteiger partial charge in [0.1, 0.15) is 22.3 Å². The third-order valence-electron chi connectivity index (χ3n) is 12.8. The minimum absolute atomic E-state index is 0.417. The van der Waals surface area contributed by atoms with Crippen molar-refractivity contribution >= 4 is 82.7 Å². The second-order valence-corrected chi connectivity index (χ2v) is 16.0. The highest BCUT2D eigenvalue weighted by Crippen LogP contribution is 2.45. The fourth-order valence-corrected chi connectivity index (χ4v) is 10.2. The Hall–Kier alpha value is -7.56. The number of benzene rings is 8. The van der Waals surface area contributed by atoms with Crippen LogP contribution in [0.4, 0.5) is 0 Å². The molecule has 59 heavy (non-hydrogen) atoms. The van der Waals surface area contributed by atoms with Gasteiger partial charge in [0.05, 0.1) is 16.6 Å². The van der Waals surface area contributed by atoms with Gasteiger partial charge in [0.15, 0.2) is 0 Å². The molecule has 1 aliphatic rings. The molecule has 8 aromatic carbocycles. The Morgan fingerprint density at radius 2 is 0.881 bits per heavy atom. The van der Waals surface area contributed by atoms with Crippen molar-refractivity contribution in [2.75, 3.05) is 0 Å². The highest BCUT2D eigenvalue weighted by atomic mass is 16.3. The molecule has 0 N–H and O–H groups in total. The zero-order valence-corrected chi connectivity index (χ0v) is 32.3. The van der Waals surface area contributed by atoms with E-state index >= 15 is 0 Å². The first-order chi connectivity index (χ1) is 29.2. The summed E-state index contributed by atoms with van der Waals surface area (Å²) in [6.07, 6.45) is 5.66. The summed E-state index contributed by atoms with van der Waals surface area (Å²) in [5.74, 6) is 0.417. The van der Waals surface area contributed by atoms with Crippen molar-refractivity contribution in [1.82, 2.24) is 9.13 Å². The van der Waals surface area contributed by atoms with E-state index in [0.717, 1.165) is 83.9 Å². The van der Waals surface area contributed by atoms with Crippen LogP contribution in [0.3, 0.4) is 0 Å².